The topological polar surface area (TPSA) is 77.0 Å². The van der Waals surface area contributed by atoms with E-state index < -0.39 is 0 Å². The fraction of sp³-hybridized carbons (Fsp3) is 0.154. The molecule has 2 aromatic heterocycles. The second-order valence-electron chi connectivity index (χ2n) is 8.01. The van der Waals surface area contributed by atoms with Gasteiger partial charge in [0.15, 0.2) is 5.82 Å². The molecule has 5 rings (SSSR count). The molecule has 0 spiro atoms. The average molecular weight is 438 g/mol. The van der Waals surface area contributed by atoms with E-state index in [1.807, 2.05) is 50.6 Å². The molecular formula is C26H23N5O2. The summed E-state index contributed by atoms with van der Waals surface area (Å²) in [6.45, 7) is 3.79. The normalized spacial score (nSPS) is 12.1. The fourth-order valence-corrected chi connectivity index (χ4v) is 3.85. The smallest absolute Gasteiger partial charge is 0.257 e. The third-order valence-corrected chi connectivity index (χ3v) is 5.91. The number of fused-ring (bicyclic) bond motifs is 1. The minimum atomic E-state index is -0.0932. The molecule has 1 atom stereocenters. The highest BCUT2D eigenvalue weighted by molar-refractivity contribution is 5.94. The molecule has 0 saturated carbocycles. The number of carbonyl (C=O) groups excluding carboxylic acids is 1. The van der Waals surface area contributed by atoms with Gasteiger partial charge >= 0.3 is 0 Å². The lowest BCUT2D eigenvalue weighted by Gasteiger charge is -2.25. The molecule has 7 heteroatoms. The van der Waals surface area contributed by atoms with Crippen molar-refractivity contribution in [2.45, 2.75) is 19.9 Å². The summed E-state index contributed by atoms with van der Waals surface area (Å²) in [6, 6.07) is 23.4. The number of para-hydroxylation sites is 2. The van der Waals surface area contributed by atoms with Crippen molar-refractivity contribution in [2.24, 2.45) is 0 Å². The molecule has 1 amide bonds. The maximum Gasteiger partial charge on any atom is 0.257 e. The Morgan fingerprint density at radius 3 is 2.42 bits per heavy atom. The monoisotopic (exact) mass is 437 g/mol. The van der Waals surface area contributed by atoms with E-state index in [9.17, 15) is 4.79 Å². The van der Waals surface area contributed by atoms with Crippen molar-refractivity contribution in [3.05, 3.63) is 96.1 Å². The lowest BCUT2D eigenvalue weighted by atomic mass is 10.0. The lowest BCUT2D eigenvalue weighted by Crippen LogP contribution is -2.29. The number of hydrogen-bond acceptors (Lipinski definition) is 5. The Balaban J connectivity index is 1.32. The summed E-state index contributed by atoms with van der Waals surface area (Å²) in [5.41, 5.74) is 5.49. The molecule has 0 saturated heterocycles. The molecule has 0 N–H and O–H groups in total. The van der Waals surface area contributed by atoms with Gasteiger partial charge < -0.3 is 9.42 Å². The number of amides is 1. The van der Waals surface area contributed by atoms with Crippen molar-refractivity contribution in [3.63, 3.8) is 0 Å². The number of aromatic nitrogens is 4. The van der Waals surface area contributed by atoms with Crippen molar-refractivity contribution in [1.29, 1.82) is 0 Å². The number of imidazole rings is 1. The first-order valence-electron chi connectivity index (χ1n) is 10.7. The van der Waals surface area contributed by atoms with Crippen LogP contribution in [0.15, 0.2) is 83.6 Å². The Labute approximate surface area is 191 Å². The molecule has 0 aliphatic rings. The van der Waals surface area contributed by atoms with Gasteiger partial charge in [-0.3, -0.25) is 9.36 Å². The summed E-state index contributed by atoms with van der Waals surface area (Å²) >= 11 is 0. The van der Waals surface area contributed by atoms with Crippen LogP contribution in [0.4, 0.5) is 0 Å². The highest BCUT2D eigenvalue weighted by Crippen LogP contribution is 2.25. The van der Waals surface area contributed by atoms with Gasteiger partial charge in [-0.1, -0.05) is 29.4 Å². The molecule has 0 aliphatic heterocycles. The summed E-state index contributed by atoms with van der Waals surface area (Å²) < 4.78 is 7.25. The molecular weight excluding hydrogens is 414 g/mol. The largest absolute Gasteiger partial charge is 0.335 e. The van der Waals surface area contributed by atoms with E-state index in [1.54, 1.807) is 24.0 Å². The van der Waals surface area contributed by atoms with Gasteiger partial charge in [0.1, 0.15) is 6.33 Å². The van der Waals surface area contributed by atoms with E-state index in [2.05, 4.69) is 50.0 Å². The zero-order valence-electron chi connectivity index (χ0n) is 18.6. The SMILES string of the molecule is Cc1noc(-c2ccc(C(=O)N(C)C(C)c3ccc(-n4cnc5ccccc54)cc3)cc2)n1. The molecule has 0 radical (unpaired) electrons. The third-order valence-electron chi connectivity index (χ3n) is 5.91. The van der Waals surface area contributed by atoms with E-state index in [0.717, 1.165) is 27.8 Å². The summed E-state index contributed by atoms with van der Waals surface area (Å²) in [7, 11) is 1.82. The summed E-state index contributed by atoms with van der Waals surface area (Å²) in [5, 5.41) is 3.81. The fourth-order valence-electron chi connectivity index (χ4n) is 3.85. The molecule has 5 aromatic rings. The van der Waals surface area contributed by atoms with Gasteiger partial charge in [-0.15, -0.1) is 0 Å². The number of hydrogen-bond donors (Lipinski definition) is 0. The number of nitrogens with zero attached hydrogens (tertiary/aromatic N) is 5. The third kappa shape index (κ3) is 3.89. The summed E-state index contributed by atoms with van der Waals surface area (Å²) in [5.74, 6) is 0.963. The molecule has 7 nitrogen and oxygen atoms in total. The molecule has 0 fully saturated rings. The predicted octanol–water partition coefficient (Wildman–Crippen LogP) is 5.22. The molecule has 2 heterocycles. The standard InChI is InChI=1S/C26H23N5O2/c1-17(19-12-14-22(15-13-19)31-16-27-23-6-4-5-7-24(23)31)30(3)26(32)21-10-8-20(9-11-21)25-28-18(2)29-33-25/h4-17H,1-3H3. The van der Waals surface area contributed by atoms with Crippen LogP contribution in [0.25, 0.3) is 28.2 Å². The van der Waals surface area contributed by atoms with Crippen LogP contribution >= 0.6 is 0 Å². The number of rotatable bonds is 5. The number of aryl methyl sites for hydroxylation is 1. The zero-order valence-corrected chi connectivity index (χ0v) is 18.6. The molecule has 164 valence electrons. The van der Waals surface area contributed by atoms with Crippen molar-refractivity contribution >= 4 is 16.9 Å². The van der Waals surface area contributed by atoms with Crippen LogP contribution in [0.1, 0.15) is 34.7 Å². The first kappa shape index (κ1) is 20.6. The van der Waals surface area contributed by atoms with E-state index in [-0.39, 0.29) is 11.9 Å². The Hall–Kier alpha value is -4.26. The van der Waals surface area contributed by atoms with Crippen molar-refractivity contribution in [3.8, 4) is 17.1 Å². The Morgan fingerprint density at radius 1 is 1.00 bits per heavy atom. The zero-order chi connectivity index (χ0) is 22.9. The van der Waals surface area contributed by atoms with Crippen LogP contribution in [0.3, 0.4) is 0 Å². The van der Waals surface area contributed by atoms with Gasteiger partial charge in [0.25, 0.3) is 11.8 Å². The van der Waals surface area contributed by atoms with E-state index in [1.165, 1.54) is 0 Å². The van der Waals surface area contributed by atoms with Crippen molar-refractivity contribution < 1.29 is 9.32 Å². The summed E-state index contributed by atoms with van der Waals surface area (Å²) in [6.07, 6.45) is 1.83. The van der Waals surface area contributed by atoms with Gasteiger partial charge in [-0.05, 0) is 67.9 Å². The number of benzene rings is 3. The molecule has 0 bridgehead atoms. The maximum atomic E-state index is 13.1. The van der Waals surface area contributed by atoms with Crippen LogP contribution in [0.5, 0.6) is 0 Å². The van der Waals surface area contributed by atoms with Crippen LogP contribution in [0, 0.1) is 6.92 Å². The molecule has 0 aliphatic carbocycles. The second-order valence-corrected chi connectivity index (χ2v) is 8.01. The molecule has 1 unspecified atom stereocenters. The van der Waals surface area contributed by atoms with Crippen LogP contribution in [0.2, 0.25) is 0 Å². The Bertz CT molecular complexity index is 1420. The Kier molecular flexibility index (Phi) is 5.22. The summed E-state index contributed by atoms with van der Waals surface area (Å²) in [4.78, 5) is 23.5. The maximum absolute atomic E-state index is 13.1. The van der Waals surface area contributed by atoms with Crippen molar-refractivity contribution in [2.75, 3.05) is 7.05 Å². The predicted molar refractivity (Wildman–Crippen MR) is 126 cm³/mol. The first-order chi connectivity index (χ1) is 16.0. The van der Waals surface area contributed by atoms with Gasteiger partial charge in [0, 0.05) is 23.9 Å². The van der Waals surface area contributed by atoms with E-state index in [0.29, 0.717) is 17.3 Å². The first-order valence-corrected chi connectivity index (χ1v) is 10.7. The lowest BCUT2D eigenvalue weighted by molar-refractivity contribution is 0.0742. The van der Waals surface area contributed by atoms with E-state index in [4.69, 9.17) is 4.52 Å². The van der Waals surface area contributed by atoms with Crippen LogP contribution < -0.4 is 0 Å². The minimum Gasteiger partial charge on any atom is -0.335 e. The minimum absolute atomic E-state index is 0.0551. The average Bonchev–Trinajstić information content (AvgIpc) is 3.49. The van der Waals surface area contributed by atoms with Gasteiger partial charge in [-0.2, -0.15) is 4.98 Å². The quantitative estimate of drug-likeness (QED) is 0.377. The second kappa shape index (κ2) is 8.35. The highest BCUT2D eigenvalue weighted by Gasteiger charge is 2.19. The molecule has 33 heavy (non-hydrogen) atoms. The van der Waals surface area contributed by atoms with Gasteiger partial charge in [0.05, 0.1) is 17.1 Å². The van der Waals surface area contributed by atoms with E-state index >= 15 is 0 Å². The van der Waals surface area contributed by atoms with Crippen LogP contribution in [-0.4, -0.2) is 37.5 Å². The van der Waals surface area contributed by atoms with Crippen molar-refractivity contribution in [1.82, 2.24) is 24.6 Å². The number of carbonyl (C=O) groups is 1. The Morgan fingerprint density at radius 2 is 1.73 bits per heavy atom. The van der Waals surface area contributed by atoms with Gasteiger partial charge in [-0.25, -0.2) is 4.98 Å². The van der Waals surface area contributed by atoms with Crippen LogP contribution in [-0.2, 0) is 0 Å². The molecule has 3 aromatic carbocycles. The highest BCUT2D eigenvalue weighted by atomic mass is 16.5. The van der Waals surface area contributed by atoms with Gasteiger partial charge in [0.2, 0.25) is 0 Å².